The van der Waals surface area contributed by atoms with Crippen molar-refractivity contribution in [3.63, 3.8) is 0 Å². The molecule has 0 saturated carbocycles. The predicted octanol–water partition coefficient (Wildman–Crippen LogP) is 3.28. The van der Waals surface area contributed by atoms with E-state index in [-0.39, 0.29) is 0 Å². The fraction of sp³-hybridized carbons (Fsp3) is 0.600. The summed E-state index contributed by atoms with van der Waals surface area (Å²) in [5.41, 5.74) is 1.51. The van der Waals surface area contributed by atoms with E-state index in [2.05, 4.69) is 70.9 Å². The van der Waals surface area contributed by atoms with Gasteiger partial charge in [-0.3, -0.25) is 4.90 Å². The largest absolute Gasteiger partial charge is 0.314 e. The van der Waals surface area contributed by atoms with Crippen LogP contribution in [0.25, 0.3) is 0 Å². The van der Waals surface area contributed by atoms with Gasteiger partial charge in [0, 0.05) is 35.8 Å². The third-order valence-corrected chi connectivity index (χ3v) is 4.53. The van der Waals surface area contributed by atoms with Gasteiger partial charge in [0.1, 0.15) is 0 Å². The maximum Gasteiger partial charge on any atom is 0.0362 e. The van der Waals surface area contributed by atoms with Gasteiger partial charge in [-0.1, -0.05) is 32.0 Å². The minimum absolute atomic E-state index is 0.584. The van der Waals surface area contributed by atoms with Crippen LogP contribution in [0, 0.1) is 9.49 Å². The Morgan fingerprint density at radius 2 is 1.89 bits per heavy atom. The lowest BCUT2D eigenvalue weighted by atomic mass is 9.95. The van der Waals surface area contributed by atoms with Gasteiger partial charge in [0.2, 0.25) is 0 Å². The first-order valence-electron chi connectivity index (χ1n) is 6.87. The molecule has 1 aromatic carbocycles. The van der Waals surface area contributed by atoms with Gasteiger partial charge in [-0.2, -0.15) is 0 Å². The number of rotatable bonds is 4. The fourth-order valence-corrected chi connectivity index (χ4v) is 3.41. The maximum absolute atomic E-state index is 3.45. The highest BCUT2D eigenvalue weighted by molar-refractivity contribution is 14.1. The minimum Gasteiger partial charge on any atom is -0.314 e. The molecule has 100 valence electrons. The predicted molar refractivity (Wildman–Crippen MR) is 85.8 cm³/mol. The van der Waals surface area contributed by atoms with Gasteiger partial charge in [0.05, 0.1) is 0 Å². The monoisotopic (exact) mass is 358 g/mol. The molecule has 2 rings (SSSR count). The number of hydrogen-bond donors (Lipinski definition) is 1. The Hall–Kier alpha value is -0.130. The highest BCUT2D eigenvalue weighted by Crippen LogP contribution is 2.31. The van der Waals surface area contributed by atoms with Crippen LogP contribution in [0.1, 0.15) is 31.9 Å². The second kappa shape index (κ2) is 6.87. The van der Waals surface area contributed by atoms with E-state index in [0.29, 0.717) is 6.04 Å². The van der Waals surface area contributed by atoms with Crippen molar-refractivity contribution in [1.29, 1.82) is 0 Å². The van der Waals surface area contributed by atoms with Crippen molar-refractivity contribution in [2.45, 2.75) is 26.3 Å². The summed E-state index contributed by atoms with van der Waals surface area (Å²) in [6.45, 7) is 9.23. The van der Waals surface area contributed by atoms with E-state index in [1.54, 1.807) is 0 Å². The van der Waals surface area contributed by atoms with Crippen molar-refractivity contribution in [2.75, 3.05) is 26.2 Å². The van der Waals surface area contributed by atoms with Crippen molar-refractivity contribution in [2.24, 2.45) is 5.92 Å². The summed E-state index contributed by atoms with van der Waals surface area (Å²) in [5, 5.41) is 3.45. The maximum atomic E-state index is 3.45. The molecule has 1 aromatic rings. The first kappa shape index (κ1) is 14.3. The van der Waals surface area contributed by atoms with Crippen LogP contribution in [0.3, 0.4) is 0 Å². The van der Waals surface area contributed by atoms with Crippen LogP contribution in [0.4, 0.5) is 0 Å². The van der Waals surface area contributed by atoms with E-state index in [4.69, 9.17) is 0 Å². The van der Waals surface area contributed by atoms with Gasteiger partial charge in [0.15, 0.2) is 0 Å². The summed E-state index contributed by atoms with van der Waals surface area (Å²) in [5.74, 6) is 0.737. The topological polar surface area (TPSA) is 15.3 Å². The number of hydrogen-bond acceptors (Lipinski definition) is 2. The average molecular weight is 358 g/mol. The molecule has 0 spiro atoms. The van der Waals surface area contributed by atoms with Crippen molar-refractivity contribution in [3.05, 3.63) is 33.4 Å². The van der Waals surface area contributed by atoms with Crippen LogP contribution in [0.2, 0.25) is 0 Å². The molecule has 1 heterocycles. The number of halogens is 1. The summed E-state index contributed by atoms with van der Waals surface area (Å²) < 4.78 is 1.40. The minimum atomic E-state index is 0.584. The SMILES string of the molecule is CC(C)C[C@@H](c1ccccc1I)N1CCNCC1. The molecule has 3 heteroatoms. The van der Waals surface area contributed by atoms with E-state index in [0.717, 1.165) is 19.0 Å². The van der Waals surface area contributed by atoms with Crippen molar-refractivity contribution < 1.29 is 0 Å². The molecular formula is C15H23IN2. The third-order valence-electron chi connectivity index (χ3n) is 3.55. The van der Waals surface area contributed by atoms with Crippen LogP contribution in [0.5, 0.6) is 0 Å². The average Bonchev–Trinajstić information content (AvgIpc) is 2.38. The third kappa shape index (κ3) is 3.68. The Balaban J connectivity index is 2.21. The van der Waals surface area contributed by atoms with Crippen LogP contribution < -0.4 is 5.32 Å². The standard InChI is InChI=1S/C15H23IN2/c1-12(2)11-15(18-9-7-17-8-10-18)13-5-3-4-6-14(13)16/h3-6,12,15,17H,7-11H2,1-2H3/t15-/m0/s1. The van der Waals surface area contributed by atoms with E-state index in [1.165, 1.54) is 28.6 Å². The molecule has 0 unspecified atom stereocenters. The van der Waals surface area contributed by atoms with Crippen LogP contribution >= 0.6 is 22.6 Å². The summed E-state index contributed by atoms with van der Waals surface area (Å²) in [4.78, 5) is 2.65. The fourth-order valence-electron chi connectivity index (χ4n) is 2.66. The van der Waals surface area contributed by atoms with Gasteiger partial charge in [0.25, 0.3) is 0 Å². The summed E-state index contributed by atoms with van der Waals surface area (Å²) in [7, 11) is 0. The number of benzene rings is 1. The molecule has 1 saturated heterocycles. The Morgan fingerprint density at radius 3 is 2.50 bits per heavy atom. The summed E-state index contributed by atoms with van der Waals surface area (Å²) in [6, 6.07) is 9.42. The van der Waals surface area contributed by atoms with Gasteiger partial charge >= 0.3 is 0 Å². The normalized spacial score (nSPS) is 19.1. The molecule has 0 aliphatic carbocycles. The molecule has 0 radical (unpaired) electrons. The van der Waals surface area contributed by atoms with E-state index in [1.807, 2.05) is 0 Å². The van der Waals surface area contributed by atoms with Gasteiger partial charge in [-0.05, 0) is 46.6 Å². The van der Waals surface area contributed by atoms with E-state index in [9.17, 15) is 0 Å². The lowest BCUT2D eigenvalue weighted by Gasteiger charge is -2.36. The molecule has 1 aliphatic rings. The first-order valence-corrected chi connectivity index (χ1v) is 7.95. The molecule has 1 N–H and O–H groups in total. The number of nitrogens with zero attached hydrogens (tertiary/aromatic N) is 1. The van der Waals surface area contributed by atoms with Crippen molar-refractivity contribution >= 4 is 22.6 Å². The lowest BCUT2D eigenvalue weighted by Crippen LogP contribution is -2.45. The molecule has 2 nitrogen and oxygen atoms in total. The Bertz CT molecular complexity index is 373. The van der Waals surface area contributed by atoms with Crippen LogP contribution in [-0.2, 0) is 0 Å². The summed E-state index contributed by atoms with van der Waals surface area (Å²) >= 11 is 2.48. The zero-order chi connectivity index (χ0) is 13.0. The van der Waals surface area contributed by atoms with Crippen LogP contribution in [0.15, 0.2) is 24.3 Å². The molecule has 0 bridgehead atoms. The Morgan fingerprint density at radius 1 is 1.22 bits per heavy atom. The Labute approximate surface area is 124 Å². The number of piperazine rings is 1. The highest BCUT2D eigenvalue weighted by Gasteiger charge is 2.24. The van der Waals surface area contributed by atoms with Gasteiger partial charge in [-0.25, -0.2) is 0 Å². The molecule has 1 fully saturated rings. The van der Waals surface area contributed by atoms with E-state index < -0.39 is 0 Å². The molecule has 1 aliphatic heterocycles. The first-order chi connectivity index (χ1) is 8.68. The molecule has 0 aromatic heterocycles. The van der Waals surface area contributed by atoms with Crippen molar-refractivity contribution in [1.82, 2.24) is 10.2 Å². The zero-order valence-corrected chi connectivity index (χ0v) is 13.5. The Kier molecular flexibility index (Phi) is 5.45. The van der Waals surface area contributed by atoms with Gasteiger partial charge < -0.3 is 5.32 Å². The lowest BCUT2D eigenvalue weighted by molar-refractivity contribution is 0.153. The highest BCUT2D eigenvalue weighted by atomic mass is 127. The second-order valence-electron chi connectivity index (χ2n) is 5.45. The smallest absolute Gasteiger partial charge is 0.0362 e. The molecular weight excluding hydrogens is 335 g/mol. The van der Waals surface area contributed by atoms with E-state index >= 15 is 0 Å². The second-order valence-corrected chi connectivity index (χ2v) is 6.62. The van der Waals surface area contributed by atoms with Crippen LogP contribution in [-0.4, -0.2) is 31.1 Å². The molecule has 0 amide bonds. The molecule has 1 atom stereocenters. The number of nitrogens with one attached hydrogen (secondary N) is 1. The zero-order valence-electron chi connectivity index (χ0n) is 11.3. The van der Waals surface area contributed by atoms with Gasteiger partial charge in [-0.15, -0.1) is 0 Å². The summed E-state index contributed by atoms with van der Waals surface area (Å²) in [6.07, 6.45) is 1.25. The quantitative estimate of drug-likeness (QED) is 0.831. The van der Waals surface area contributed by atoms with Crippen molar-refractivity contribution in [3.8, 4) is 0 Å². The molecule has 18 heavy (non-hydrogen) atoms.